The quantitative estimate of drug-likeness (QED) is 0.650. The molecule has 0 aliphatic carbocycles. The molecule has 2 aromatic rings. The van der Waals surface area contributed by atoms with Crippen molar-refractivity contribution in [1.29, 1.82) is 0 Å². The summed E-state index contributed by atoms with van der Waals surface area (Å²) < 4.78 is 9.78. The molecule has 0 unspecified atom stereocenters. The molecule has 6 nitrogen and oxygen atoms in total. The largest absolute Gasteiger partial charge is 0.496 e. The van der Waals surface area contributed by atoms with Crippen molar-refractivity contribution in [3.63, 3.8) is 0 Å². The van der Waals surface area contributed by atoms with Crippen LogP contribution in [0.25, 0.3) is 6.08 Å². The van der Waals surface area contributed by atoms with Crippen molar-refractivity contribution >= 4 is 34.4 Å². The van der Waals surface area contributed by atoms with Crippen molar-refractivity contribution < 1.29 is 19.1 Å². The highest BCUT2D eigenvalue weighted by atomic mass is 32.1. The number of ether oxygens (including phenoxy) is 2. The van der Waals surface area contributed by atoms with Gasteiger partial charge in [0, 0.05) is 17.0 Å². The standard InChI is InChI=1S/C16H16N2O4S/c1-21-13-6-4-3-5-11(13)7-8-14(19)18-16-17-12(10-23-16)9-15(20)22-2/h3-8,10H,9H2,1-2H3,(H,17,18,19)/b8-7+. The molecule has 0 fully saturated rings. The van der Waals surface area contributed by atoms with Crippen LogP contribution in [0.2, 0.25) is 0 Å². The highest BCUT2D eigenvalue weighted by Crippen LogP contribution is 2.19. The lowest BCUT2D eigenvalue weighted by atomic mass is 10.2. The molecule has 0 aliphatic rings. The third-order valence-electron chi connectivity index (χ3n) is 2.89. The molecule has 0 radical (unpaired) electrons. The number of nitrogens with one attached hydrogen (secondary N) is 1. The van der Waals surface area contributed by atoms with Crippen LogP contribution in [-0.2, 0) is 20.7 Å². The molecule has 23 heavy (non-hydrogen) atoms. The molecule has 120 valence electrons. The fraction of sp³-hybridized carbons (Fsp3) is 0.188. The average Bonchev–Trinajstić information content (AvgIpc) is 2.99. The number of anilines is 1. The zero-order valence-corrected chi connectivity index (χ0v) is 13.6. The third kappa shape index (κ3) is 4.93. The molecule has 0 bridgehead atoms. The third-order valence-corrected chi connectivity index (χ3v) is 3.69. The number of rotatable bonds is 6. The zero-order valence-electron chi connectivity index (χ0n) is 12.7. The predicted octanol–water partition coefficient (Wildman–Crippen LogP) is 2.52. The van der Waals surface area contributed by atoms with Crippen LogP contribution in [0.5, 0.6) is 5.75 Å². The molecule has 2 rings (SSSR count). The molecule has 1 aromatic carbocycles. The highest BCUT2D eigenvalue weighted by molar-refractivity contribution is 7.14. The molecule has 7 heteroatoms. The molecule has 0 aliphatic heterocycles. The lowest BCUT2D eigenvalue weighted by molar-refractivity contribution is -0.139. The normalized spacial score (nSPS) is 10.5. The minimum absolute atomic E-state index is 0.0833. The second-order valence-corrected chi connectivity index (χ2v) is 5.32. The summed E-state index contributed by atoms with van der Waals surface area (Å²) in [5.74, 6) is 0.00489. The van der Waals surface area contributed by atoms with Gasteiger partial charge in [-0.15, -0.1) is 11.3 Å². The van der Waals surface area contributed by atoms with Crippen LogP contribution in [0, 0.1) is 0 Å². The first-order chi connectivity index (χ1) is 11.1. The van der Waals surface area contributed by atoms with Crippen LogP contribution in [0.4, 0.5) is 5.13 Å². The van der Waals surface area contributed by atoms with Gasteiger partial charge in [-0.05, 0) is 12.1 Å². The van der Waals surface area contributed by atoms with Gasteiger partial charge >= 0.3 is 5.97 Å². The number of thiazole rings is 1. The van der Waals surface area contributed by atoms with Gasteiger partial charge in [0.2, 0.25) is 5.91 Å². The van der Waals surface area contributed by atoms with E-state index in [4.69, 9.17) is 4.74 Å². The Morgan fingerprint density at radius 1 is 1.30 bits per heavy atom. The number of methoxy groups -OCH3 is 2. The molecule has 1 amide bonds. The molecular weight excluding hydrogens is 316 g/mol. The maximum absolute atomic E-state index is 11.9. The number of carbonyl (C=O) groups excluding carboxylic acids is 2. The predicted molar refractivity (Wildman–Crippen MR) is 88.5 cm³/mol. The number of amides is 1. The van der Waals surface area contributed by atoms with Gasteiger partial charge in [0.05, 0.1) is 26.3 Å². The van der Waals surface area contributed by atoms with Crippen molar-refractivity contribution in [2.45, 2.75) is 6.42 Å². The number of carbonyl (C=O) groups is 2. The van der Waals surface area contributed by atoms with Crippen molar-refractivity contribution in [3.8, 4) is 5.75 Å². The van der Waals surface area contributed by atoms with Gasteiger partial charge in [0.1, 0.15) is 5.75 Å². The summed E-state index contributed by atoms with van der Waals surface area (Å²) in [4.78, 5) is 27.2. The van der Waals surface area contributed by atoms with Gasteiger partial charge in [-0.25, -0.2) is 4.98 Å². The van der Waals surface area contributed by atoms with E-state index in [0.29, 0.717) is 16.6 Å². The summed E-state index contributed by atoms with van der Waals surface area (Å²) in [6.07, 6.45) is 3.15. The van der Waals surface area contributed by atoms with E-state index in [2.05, 4.69) is 15.0 Å². The van der Waals surface area contributed by atoms with E-state index in [9.17, 15) is 9.59 Å². The Balaban J connectivity index is 1.97. The molecule has 1 heterocycles. The first-order valence-electron chi connectivity index (χ1n) is 6.75. The summed E-state index contributed by atoms with van der Waals surface area (Å²) in [5.41, 5.74) is 1.36. The van der Waals surface area contributed by atoms with Gasteiger partial charge < -0.3 is 9.47 Å². The number of aromatic nitrogens is 1. The van der Waals surface area contributed by atoms with E-state index in [1.54, 1.807) is 18.6 Å². The van der Waals surface area contributed by atoms with E-state index in [1.807, 2.05) is 24.3 Å². The van der Waals surface area contributed by atoms with E-state index in [1.165, 1.54) is 24.5 Å². The van der Waals surface area contributed by atoms with E-state index >= 15 is 0 Å². The monoisotopic (exact) mass is 332 g/mol. The van der Waals surface area contributed by atoms with Crippen molar-refractivity contribution in [2.24, 2.45) is 0 Å². The average molecular weight is 332 g/mol. The maximum Gasteiger partial charge on any atom is 0.311 e. The Bertz CT molecular complexity index is 724. The molecule has 0 spiro atoms. The molecule has 0 saturated heterocycles. The summed E-state index contributed by atoms with van der Waals surface area (Å²) >= 11 is 1.25. The minimum atomic E-state index is -0.371. The molecule has 0 atom stereocenters. The Hall–Kier alpha value is -2.67. The molecule has 1 aromatic heterocycles. The number of benzene rings is 1. The second-order valence-electron chi connectivity index (χ2n) is 4.46. The van der Waals surface area contributed by atoms with Gasteiger partial charge in [-0.2, -0.15) is 0 Å². The summed E-state index contributed by atoms with van der Waals surface area (Å²) in [6, 6.07) is 7.38. The number of nitrogens with zero attached hydrogens (tertiary/aromatic N) is 1. The second kappa shape index (κ2) is 8.09. The van der Waals surface area contributed by atoms with Crippen molar-refractivity contribution in [3.05, 3.63) is 47.0 Å². The first kappa shape index (κ1) is 16.7. The van der Waals surface area contributed by atoms with Crippen molar-refractivity contribution in [2.75, 3.05) is 19.5 Å². The van der Waals surface area contributed by atoms with Gasteiger partial charge in [0.25, 0.3) is 0 Å². The molecular formula is C16H16N2O4S. The van der Waals surface area contributed by atoms with Crippen molar-refractivity contribution in [1.82, 2.24) is 4.98 Å². The summed E-state index contributed by atoms with van der Waals surface area (Å²) in [6.45, 7) is 0. The van der Waals surface area contributed by atoms with Crippen LogP contribution in [0.15, 0.2) is 35.7 Å². The SMILES string of the molecule is COC(=O)Cc1csc(NC(=O)/C=C/c2ccccc2OC)n1. The zero-order chi connectivity index (χ0) is 16.7. The minimum Gasteiger partial charge on any atom is -0.496 e. The van der Waals surface area contributed by atoms with Crippen LogP contribution < -0.4 is 10.1 Å². The molecule has 0 saturated carbocycles. The van der Waals surface area contributed by atoms with Gasteiger partial charge in [-0.3, -0.25) is 14.9 Å². The fourth-order valence-corrected chi connectivity index (χ4v) is 2.50. The van der Waals surface area contributed by atoms with Crippen LogP contribution in [-0.4, -0.2) is 31.1 Å². The highest BCUT2D eigenvalue weighted by Gasteiger charge is 2.09. The Morgan fingerprint density at radius 2 is 2.09 bits per heavy atom. The van der Waals surface area contributed by atoms with Crippen LogP contribution >= 0.6 is 11.3 Å². The summed E-state index contributed by atoms with van der Waals surface area (Å²) in [5, 5.41) is 4.78. The van der Waals surface area contributed by atoms with Crippen LogP contribution in [0.1, 0.15) is 11.3 Å². The lowest BCUT2D eigenvalue weighted by Gasteiger charge is -2.03. The van der Waals surface area contributed by atoms with E-state index in [-0.39, 0.29) is 18.3 Å². The summed E-state index contributed by atoms with van der Waals surface area (Å²) in [7, 11) is 2.89. The number of para-hydroxylation sites is 1. The Kier molecular flexibility index (Phi) is 5.87. The van der Waals surface area contributed by atoms with Gasteiger partial charge in [0.15, 0.2) is 5.13 Å². The number of esters is 1. The fourth-order valence-electron chi connectivity index (χ4n) is 1.78. The maximum atomic E-state index is 11.9. The Labute approximate surface area is 137 Å². The van der Waals surface area contributed by atoms with E-state index in [0.717, 1.165) is 5.56 Å². The van der Waals surface area contributed by atoms with Gasteiger partial charge in [-0.1, -0.05) is 18.2 Å². The number of hydrogen-bond donors (Lipinski definition) is 1. The number of hydrogen-bond acceptors (Lipinski definition) is 6. The topological polar surface area (TPSA) is 77.5 Å². The lowest BCUT2D eigenvalue weighted by Crippen LogP contribution is -2.08. The molecule has 1 N–H and O–H groups in total. The van der Waals surface area contributed by atoms with Crippen LogP contribution in [0.3, 0.4) is 0 Å². The first-order valence-corrected chi connectivity index (χ1v) is 7.63. The Morgan fingerprint density at radius 3 is 2.83 bits per heavy atom. The smallest absolute Gasteiger partial charge is 0.311 e. The van der Waals surface area contributed by atoms with E-state index < -0.39 is 0 Å².